The van der Waals surface area contributed by atoms with Gasteiger partial charge in [0.05, 0.1) is 16.9 Å². The Bertz CT molecular complexity index is 1150. The van der Waals surface area contributed by atoms with E-state index in [9.17, 15) is 13.6 Å². The molecular weight excluding hydrogens is 402 g/mol. The van der Waals surface area contributed by atoms with Crippen molar-refractivity contribution in [2.75, 3.05) is 29.7 Å². The minimum atomic E-state index is -0.857. The van der Waals surface area contributed by atoms with Crippen LogP contribution in [0.25, 0.3) is 0 Å². The molecule has 0 saturated carbocycles. The third-order valence-electron chi connectivity index (χ3n) is 5.54. The summed E-state index contributed by atoms with van der Waals surface area (Å²) in [6, 6.07) is 16.5. The quantitative estimate of drug-likeness (QED) is 0.611. The summed E-state index contributed by atoms with van der Waals surface area (Å²) in [7, 11) is 0. The number of hydrogen-bond acceptors (Lipinski definition) is 4. The summed E-state index contributed by atoms with van der Waals surface area (Å²) in [5, 5.41) is 0. The van der Waals surface area contributed by atoms with E-state index in [4.69, 9.17) is 9.47 Å². The molecule has 3 aromatic carbocycles. The lowest BCUT2D eigenvalue weighted by Crippen LogP contribution is -2.32. The zero-order valence-corrected chi connectivity index (χ0v) is 16.7. The highest BCUT2D eigenvalue weighted by Crippen LogP contribution is 2.36. The largest absolute Gasteiger partial charge is 0.454 e. The van der Waals surface area contributed by atoms with Gasteiger partial charge in [-0.25, -0.2) is 8.78 Å². The molecule has 2 heterocycles. The lowest BCUT2D eigenvalue weighted by molar-refractivity contribution is 0.0983. The fourth-order valence-electron chi connectivity index (χ4n) is 4.06. The first-order valence-electron chi connectivity index (χ1n) is 10.1. The van der Waals surface area contributed by atoms with E-state index in [1.165, 1.54) is 6.07 Å². The van der Waals surface area contributed by atoms with Gasteiger partial charge in [0, 0.05) is 25.7 Å². The molecule has 0 aromatic heterocycles. The van der Waals surface area contributed by atoms with Gasteiger partial charge < -0.3 is 19.3 Å². The summed E-state index contributed by atoms with van der Waals surface area (Å²) in [5.41, 5.74) is 2.51. The number of carbonyl (C=O) groups is 1. The van der Waals surface area contributed by atoms with Crippen LogP contribution in [0.1, 0.15) is 22.3 Å². The summed E-state index contributed by atoms with van der Waals surface area (Å²) in [5.74, 6) is -0.582. The minimum absolute atomic E-state index is 0.138. The van der Waals surface area contributed by atoms with E-state index in [-0.39, 0.29) is 12.4 Å². The molecule has 0 radical (unpaired) electrons. The first-order chi connectivity index (χ1) is 15.1. The monoisotopic (exact) mass is 422 g/mol. The van der Waals surface area contributed by atoms with Crippen LogP contribution in [-0.4, -0.2) is 25.8 Å². The Morgan fingerprint density at radius 2 is 1.71 bits per heavy atom. The van der Waals surface area contributed by atoms with Crippen LogP contribution in [0, 0.1) is 11.6 Å². The SMILES string of the molecule is O=C(c1ccc(F)cc1F)N1CCCN(Cc2ccc3c(c2)OCO3)c2ccccc21. The van der Waals surface area contributed by atoms with Crippen molar-refractivity contribution < 1.29 is 23.0 Å². The number of amides is 1. The van der Waals surface area contributed by atoms with Crippen molar-refractivity contribution in [2.24, 2.45) is 0 Å². The second kappa shape index (κ2) is 7.91. The number of fused-ring (bicyclic) bond motifs is 2. The van der Waals surface area contributed by atoms with Crippen molar-refractivity contribution in [1.29, 1.82) is 0 Å². The van der Waals surface area contributed by atoms with Crippen molar-refractivity contribution in [3.63, 3.8) is 0 Å². The number of rotatable bonds is 3. The van der Waals surface area contributed by atoms with Crippen molar-refractivity contribution in [3.8, 4) is 11.5 Å². The van der Waals surface area contributed by atoms with Crippen LogP contribution in [-0.2, 0) is 6.54 Å². The molecule has 3 aromatic rings. The predicted molar refractivity (Wildman–Crippen MR) is 113 cm³/mol. The molecule has 0 saturated heterocycles. The molecule has 0 N–H and O–H groups in total. The molecule has 31 heavy (non-hydrogen) atoms. The Labute approximate surface area is 178 Å². The molecule has 2 aliphatic rings. The van der Waals surface area contributed by atoms with Gasteiger partial charge in [0.1, 0.15) is 11.6 Å². The highest BCUT2D eigenvalue weighted by Gasteiger charge is 2.27. The van der Waals surface area contributed by atoms with Crippen LogP contribution in [0.3, 0.4) is 0 Å². The molecule has 0 fully saturated rings. The van der Waals surface area contributed by atoms with Crippen molar-refractivity contribution in [1.82, 2.24) is 0 Å². The van der Waals surface area contributed by atoms with E-state index >= 15 is 0 Å². The first-order valence-corrected chi connectivity index (χ1v) is 10.1. The fourth-order valence-corrected chi connectivity index (χ4v) is 4.06. The van der Waals surface area contributed by atoms with Crippen LogP contribution in [0.5, 0.6) is 11.5 Å². The number of para-hydroxylation sites is 2. The molecule has 5 nitrogen and oxygen atoms in total. The number of halogens is 2. The normalized spacial score (nSPS) is 14.9. The first kappa shape index (κ1) is 19.4. The summed E-state index contributed by atoms with van der Waals surface area (Å²) in [6.45, 7) is 2.01. The van der Waals surface area contributed by atoms with E-state index < -0.39 is 17.5 Å². The third-order valence-corrected chi connectivity index (χ3v) is 5.54. The Morgan fingerprint density at radius 3 is 2.55 bits per heavy atom. The second-order valence-electron chi connectivity index (χ2n) is 7.53. The maximum absolute atomic E-state index is 14.3. The van der Waals surface area contributed by atoms with Gasteiger partial charge in [-0.2, -0.15) is 0 Å². The topological polar surface area (TPSA) is 42.0 Å². The number of nitrogens with zero attached hydrogens (tertiary/aromatic N) is 2. The Hall–Kier alpha value is -3.61. The smallest absolute Gasteiger partial charge is 0.261 e. The van der Waals surface area contributed by atoms with Crippen molar-refractivity contribution in [2.45, 2.75) is 13.0 Å². The molecule has 158 valence electrons. The van der Waals surface area contributed by atoms with Gasteiger partial charge in [0.2, 0.25) is 6.79 Å². The molecule has 7 heteroatoms. The summed E-state index contributed by atoms with van der Waals surface area (Å²) in [6.07, 6.45) is 0.702. The Balaban J connectivity index is 1.46. The van der Waals surface area contributed by atoms with Gasteiger partial charge in [0.15, 0.2) is 11.5 Å². The molecule has 0 spiro atoms. The second-order valence-corrected chi connectivity index (χ2v) is 7.53. The third kappa shape index (κ3) is 3.67. The van der Waals surface area contributed by atoms with Crippen LogP contribution >= 0.6 is 0 Å². The fraction of sp³-hybridized carbons (Fsp3) is 0.208. The number of benzene rings is 3. The number of hydrogen-bond donors (Lipinski definition) is 0. The molecular formula is C24H20F2N2O3. The molecule has 0 aliphatic carbocycles. The van der Waals surface area contributed by atoms with Crippen LogP contribution < -0.4 is 19.3 Å². The Morgan fingerprint density at radius 1 is 0.903 bits per heavy atom. The molecule has 0 bridgehead atoms. The average Bonchev–Trinajstić information content (AvgIpc) is 3.16. The van der Waals surface area contributed by atoms with Gasteiger partial charge in [0.25, 0.3) is 5.91 Å². The average molecular weight is 422 g/mol. The van der Waals surface area contributed by atoms with Crippen LogP contribution in [0.2, 0.25) is 0 Å². The highest BCUT2D eigenvalue weighted by molar-refractivity contribution is 6.08. The van der Waals surface area contributed by atoms with Gasteiger partial charge in [-0.05, 0) is 48.4 Å². The van der Waals surface area contributed by atoms with E-state index in [1.807, 2.05) is 42.5 Å². The molecule has 0 atom stereocenters. The number of ether oxygens (including phenoxy) is 2. The minimum Gasteiger partial charge on any atom is -0.454 e. The predicted octanol–water partition coefficient (Wildman–Crippen LogP) is 4.75. The maximum Gasteiger partial charge on any atom is 0.261 e. The van der Waals surface area contributed by atoms with Crippen molar-refractivity contribution >= 4 is 17.3 Å². The summed E-state index contributed by atoms with van der Waals surface area (Å²) < 4.78 is 38.5. The van der Waals surface area contributed by atoms with E-state index in [0.29, 0.717) is 25.2 Å². The van der Waals surface area contributed by atoms with Crippen molar-refractivity contribution in [3.05, 3.63) is 83.4 Å². The molecule has 2 aliphatic heterocycles. The van der Waals surface area contributed by atoms with Crippen LogP contribution in [0.4, 0.5) is 20.2 Å². The zero-order chi connectivity index (χ0) is 21.4. The van der Waals surface area contributed by atoms with Gasteiger partial charge >= 0.3 is 0 Å². The lowest BCUT2D eigenvalue weighted by atomic mass is 10.1. The molecule has 0 unspecified atom stereocenters. The van der Waals surface area contributed by atoms with E-state index in [0.717, 1.165) is 41.4 Å². The van der Waals surface area contributed by atoms with Gasteiger partial charge in [-0.15, -0.1) is 0 Å². The standard InChI is InChI=1S/C24H20F2N2O3/c25-17-7-8-18(19(26)13-17)24(29)28-11-3-10-27(20-4-1-2-5-21(20)28)14-16-6-9-22-23(12-16)31-15-30-22/h1-2,4-9,12-13H,3,10-11,14-15H2. The van der Waals surface area contributed by atoms with E-state index in [2.05, 4.69) is 4.90 Å². The molecule has 1 amide bonds. The van der Waals surface area contributed by atoms with E-state index in [1.54, 1.807) is 4.90 Å². The summed E-state index contributed by atoms with van der Waals surface area (Å²) in [4.78, 5) is 16.9. The highest BCUT2D eigenvalue weighted by atomic mass is 19.1. The Kier molecular flexibility index (Phi) is 4.94. The number of anilines is 2. The lowest BCUT2D eigenvalue weighted by Gasteiger charge is -2.27. The number of carbonyl (C=O) groups excluding carboxylic acids is 1. The molecule has 5 rings (SSSR count). The van der Waals surface area contributed by atoms with Crippen LogP contribution in [0.15, 0.2) is 60.7 Å². The maximum atomic E-state index is 14.3. The summed E-state index contributed by atoms with van der Waals surface area (Å²) >= 11 is 0. The zero-order valence-electron chi connectivity index (χ0n) is 16.7. The van der Waals surface area contributed by atoms with Gasteiger partial charge in [-0.1, -0.05) is 18.2 Å². The van der Waals surface area contributed by atoms with Gasteiger partial charge in [-0.3, -0.25) is 4.79 Å².